The third kappa shape index (κ3) is 3.58. The molecule has 0 unspecified atom stereocenters. The summed E-state index contributed by atoms with van der Waals surface area (Å²) in [6, 6.07) is 6.80. The maximum absolute atomic E-state index is 10.5. The molecule has 0 amide bonds. The van der Waals surface area contributed by atoms with E-state index in [2.05, 4.69) is 61.9 Å². The number of rotatable bonds is 2. The predicted molar refractivity (Wildman–Crippen MR) is 123 cm³/mol. The molecular formula is C23H24N8O2. The molecule has 10 heteroatoms. The molecule has 2 aliphatic heterocycles. The van der Waals surface area contributed by atoms with Gasteiger partial charge in [0.15, 0.2) is 17.0 Å². The summed E-state index contributed by atoms with van der Waals surface area (Å²) >= 11 is 0. The van der Waals surface area contributed by atoms with Crippen molar-refractivity contribution in [2.75, 3.05) is 25.4 Å². The molecule has 1 fully saturated rings. The highest BCUT2D eigenvalue weighted by Gasteiger charge is 2.21. The van der Waals surface area contributed by atoms with Crippen molar-refractivity contribution in [3.8, 4) is 23.1 Å². The van der Waals surface area contributed by atoms with E-state index in [-0.39, 0.29) is 17.8 Å². The largest absolute Gasteiger partial charge is 0.480 e. The van der Waals surface area contributed by atoms with Crippen LogP contribution in [0.25, 0.3) is 22.3 Å². The van der Waals surface area contributed by atoms with Gasteiger partial charge >= 0.3 is 6.01 Å². The van der Waals surface area contributed by atoms with E-state index in [9.17, 15) is 5.11 Å². The quantitative estimate of drug-likeness (QED) is 0.401. The molecular weight excluding hydrogens is 420 g/mol. The van der Waals surface area contributed by atoms with Gasteiger partial charge in [-0.25, -0.2) is 0 Å². The Hall–Kier alpha value is -3.92. The number of fused-ring (bicyclic) bond motifs is 3. The van der Waals surface area contributed by atoms with Crippen LogP contribution in [-0.2, 0) is 13.0 Å². The molecule has 1 saturated heterocycles. The molecule has 4 N–H and O–H groups in total. The zero-order chi connectivity index (χ0) is 22.4. The van der Waals surface area contributed by atoms with Crippen LogP contribution in [0.5, 0.6) is 12.0 Å². The van der Waals surface area contributed by atoms with Crippen molar-refractivity contribution in [1.82, 2.24) is 34.6 Å². The lowest BCUT2D eigenvalue weighted by Crippen LogP contribution is -2.43. The molecule has 33 heavy (non-hydrogen) atoms. The number of hydrogen-bond donors (Lipinski definition) is 3. The number of aromatic nitrogens is 6. The Morgan fingerprint density at radius 1 is 1.15 bits per heavy atom. The fourth-order valence-electron chi connectivity index (χ4n) is 4.26. The van der Waals surface area contributed by atoms with Crippen molar-refractivity contribution in [1.29, 1.82) is 0 Å². The molecule has 4 aromatic rings. The first-order valence-electron chi connectivity index (χ1n) is 11.0. The number of anilines is 1. The number of benzene rings is 1. The number of allylic oxidation sites excluding steroid dienone is 1. The van der Waals surface area contributed by atoms with Gasteiger partial charge in [-0.05, 0) is 29.5 Å². The Bertz CT molecular complexity index is 1370. The molecule has 1 aromatic carbocycles. The van der Waals surface area contributed by atoms with Gasteiger partial charge in [-0.1, -0.05) is 30.4 Å². The summed E-state index contributed by atoms with van der Waals surface area (Å²) in [6.07, 6.45) is 9.80. The number of nitrogens with zero attached hydrogens (tertiary/aromatic N) is 6. The molecule has 168 valence electrons. The molecule has 0 atom stereocenters. The molecule has 2 aliphatic rings. The van der Waals surface area contributed by atoms with E-state index in [1.54, 1.807) is 4.57 Å². The summed E-state index contributed by atoms with van der Waals surface area (Å²) < 4.78 is 9.36. The Morgan fingerprint density at radius 2 is 2.06 bits per heavy atom. The maximum Gasteiger partial charge on any atom is 0.320 e. The van der Waals surface area contributed by atoms with Gasteiger partial charge in [-0.3, -0.25) is 9.25 Å². The van der Waals surface area contributed by atoms with Crippen LogP contribution >= 0.6 is 0 Å². The summed E-state index contributed by atoms with van der Waals surface area (Å²) in [4.78, 5) is 12.8. The van der Waals surface area contributed by atoms with Crippen LogP contribution in [0.15, 0.2) is 42.7 Å². The zero-order valence-corrected chi connectivity index (χ0v) is 18.0. The highest BCUT2D eigenvalue weighted by molar-refractivity contribution is 5.83. The van der Waals surface area contributed by atoms with Crippen molar-refractivity contribution in [3.05, 3.63) is 53.9 Å². The van der Waals surface area contributed by atoms with Crippen molar-refractivity contribution in [2.24, 2.45) is 0 Å². The molecule has 0 spiro atoms. The Morgan fingerprint density at radius 3 is 2.91 bits per heavy atom. The van der Waals surface area contributed by atoms with Crippen LogP contribution in [0.2, 0.25) is 0 Å². The highest BCUT2D eigenvalue weighted by atomic mass is 16.5. The van der Waals surface area contributed by atoms with Crippen molar-refractivity contribution < 1.29 is 9.84 Å². The van der Waals surface area contributed by atoms with Gasteiger partial charge < -0.3 is 20.9 Å². The van der Waals surface area contributed by atoms with Gasteiger partial charge in [0.05, 0.1) is 25.4 Å². The van der Waals surface area contributed by atoms with Crippen LogP contribution in [0.3, 0.4) is 0 Å². The fraction of sp³-hybridized carbons (Fsp3) is 0.304. The van der Waals surface area contributed by atoms with Crippen molar-refractivity contribution in [2.45, 2.75) is 25.4 Å². The summed E-state index contributed by atoms with van der Waals surface area (Å²) in [5, 5.41) is 18.4. The second kappa shape index (κ2) is 7.89. The van der Waals surface area contributed by atoms with Crippen LogP contribution in [0.4, 0.5) is 5.82 Å². The molecule has 0 aliphatic carbocycles. The number of imidazole rings is 1. The summed E-state index contributed by atoms with van der Waals surface area (Å²) in [5.41, 5.74) is 11.3. The third-order valence-corrected chi connectivity index (χ3v) is 6.16. The van der Waals surface area contributed by atoms with E-state index in [1.807, 2.05) is 10.9 Å². The first-order valence-corrected chi connectivity index (χ1v) is 11.0. The van der Waals surface area contributed by atoms with Crippen LogP contribution in [0.1, 0.15) is 23.6 Å². The van der Waals surface area contributed by atoms with Gasteiger partial charge in [0.2, 0.25) is 0 Å². The Kier molecular flexibility index (Phi) is 4.72. The smallest absolute Gasteiger partial charge is 0.320 e. The van der Waals surface area contributed by atoms with E-state index in [4.69, 9.17) is 10.5 Å². The number of nitrogen functional groups attached to an aromatic ring is 1. The second-order valence-electron chi connectivity index (χ2n) is 8.39. The summed E-state index contributed by atoms with van der Waals surface area (Å²) in [5.74, 6) is 0.182. The second-order valence-corrected chi connectivity index (χ2v) is 8.39. The van der Waals surface area contributed by atoms with Gasteiger partial charge in [-0.2, -0.15) is 20.1 Å². The van der Waals surface area contributed by atoms with Gasteiger partial charge in [0.1, 0.15) is 0 Å². The lowest BCUT2D eigenvalue weighted by Gasteiger charge is -2.27. The van der Waals surface area contributed by atoms with Crippen molar-refractivity contribution >= 4 is 17.0 Å². The Balaban J connectivity index is 1.42. The molecule has 10 nitrogen and oxygen atoms in total. The monoisotopic (exact) mass is 444 g/mol. The average molecular weight is 444 g/mol. The molecule has 4 bridgehead atoms. The molecule has 3 aromatic heterocycles. The van der Waals surface area contributed by atoms with Crippen LogP contribution < -0.4 is 15.8 Å². The predicted octanol–water partition coefficient (Wildman–Crippen LogP) is 2.05. The topological polar surface area (TPSA) is 129 Å². The lowest BCUT2D eigenvalue weighted by molar-refractivity contribution is 0.300. The summed E-state index contributed by atoms with van der Waals surface area (Å²) in [6.45, 7) is 2.73. The molecule has 6 rings (SSSR count). The SMILES string of the molecule is Nc1nc2nc3c1nc(O)n3Cc1ccc(-c3cnn(C4CNC4)c3)c(c1)C/C=C/CCO2. The van der Waals surface area contributed by atoms with E-state index in [0.29, 0.717) is 36.8 Å². The van der Waals surface area contributed by atoms with Gasteiger partial charge in [0, 0.05) is 24.8 Å². The van der Waals surface area contributed by atoms with E-state index >= 15 is 0 Å². The highest BCUT2D eigenvalue weighted by Crippen LogP contribution is 2.30. The number of hydrogen-bond acceptors (Lipinski definition) is 8. The number of nitrogens with one attached hydrogen (secondary N) is 1. The Labute approximate surface area is 189 Å². The van der Waals surface area contributed by atoms with Crippen molar-refractivity contribution in [3.63, 3.8) is 0 Å². The average Bonchev–Trinajstić information content (AvgIpc) is 3.35. The zero-order valence-electron chi connectivity index (χ0n) is 18.0. The standard InChI is InChI=1S/C23H24N8O2/c24-20-19-21-29-22(28-20)33-7-3-1-2-4-15-8-14(12-30(21)23(32)27-19)5-6-18(15)16-9-26-31(13-16)17-10-25-11-17/h1-2,5-6,8-9,13,17,25H,3-4,7,10-12H2,(H,27,32)(H2,24,28,29)/b2-1+. The number of nitrogens with two attached hydrogens (primary N) is 1. The first kappa shape index (κ1) is 19.7. The maximum atomic E-state index is 10.5. The molecule has 0 saturated carbocycles. The van der Waals surface area contributed by atoms with E-state index in [0.717, 1.165) is 36.2 Å². The minimum absolute atomic E-state index is 0.156. The fourth-order valence-corrected chi connectivity index (χ4v) is 4.26. The third-order valence-electron chi connectivity index (χ3n) is 6.16. The van der Waals surface area contributed by atoms with Gasteiger partial charge in [0.25, 0.3) is 6.01 Å². The first-order chi connectivity index (χ1) is 16.2. The van der Waals surface area contributed by atoms with Crippen LogP contribution in [0, 0.1) is 0 Å². The lowest BCUT2D eigenvalue weighted by atomic mass is 9.97. The number of aromatic hydroxyl groups is 1. The minimum atomic E-state index is -0.156. The molecule has 0 radical (unpaired) electrons. The van der Waals surface area contributed by atoms with Crippen LogP contribution in [-0.4, -0.2) is 54.1 Å². The molecule has 5 heterocycles. The van der Waals surface area contributed by atoms with E-state index in [1.165, 1.54) is 5.56 Å². The normalized spacial score (nSPS) is 17.5. The summed E-state index contributed by atoms with van der Waals surface area (Å²) in [7, 11) is 0. The van der Waals surface area contributed by atoms with Gasteiger partial charge in [-0.15, -0.1) is 0 Å². The minimum Gasteiger partial charge on any atom is -0.480 e. The van der Waals surface area contributed by atoms with E-state index < -0.39 is 0 Å². The number of ether oxygens (including phenoxy) is 1.